The molecule has 1 aromatic rings. The lowest BCUT2D eigenvalue weighted by Crippen LogP contribution is -2.50. The molecule has 5 nitrogen and oxygen atoms in total. The number of carbonyl (C=O) groups is 1. The van der Waals surface area contributed by atoms with Crippen LogP contribution in [0.25, 0.3) is 0 Å². The molecular weight excluding hydrogens is 264 g/mol. The highest BCUT2D eigenvalue weighted by molar-refractivity contribution is 7.12. The molecule has 0 aliphatic carbocycles. The van der Waals surface area contributed by atoms with Crippen molar-refractivity contribution >= 4 is 17.2 Å². The van der Waals surface area contributed by atoms with Crippen LogP contribution >= 0.6 is 11.3 Å². The minimum atomic E-state index is -0.279. The van der Waals surface area contributed by atoms with E-state index in [0.717, 1.165) is 0 Å². The van der Waals surface area contributed by atoms with Crippen LogP contribution in [0.15, 0.2) is 11.4 Å². The van der Waals surface area contributed by atoms with Gasteiger partial charge in [-0.2, -0.15) is 0 Å². The van der Waals surface area contributed by atoms with E-state index in [0.29, 0.717) is 30.2 Å². The first-order valence-corrected chi connectivity index (χ1v) is 6.92. The molecule has 0 bridgehead atoms. The van der Waals surface area contributed by atoms with Crippen molar-refractivity contribution in [3.05, 3.63) is 21.9 Å². The van der Waals surface area contributed by atoms with Gasteiger partial charge in [-0.25, -0.2) is 0 Å². The third kappa shape index (κ3) is 3.14. The highest BCUT2D eigenvalue weighted by Gasteiger charge is 2.29. The van der Waals surface area contributed by atoms with E-state index in [-0.39, 0.29) is 25.1 Å². The van der Waals surface area contributed by atoms with Crippen LogP contribution in [0.2, 0.25) is 0 Å². The number of ether oxygens (including phenoxy) is 1. The number of aliphatic hydroxyl groups is 1. The van der Waals surface area contributed by atoms with E-state index in [1.165, 1.54) is 11.3 Å². The Balaban J connectivity index is 2.21. The molecule has 2 rings (SSSR count). The van der Waals surface area contributed by atoms with Crippen LogP contribution in [0.4, 0.5) is 0 Å². The molecule has 1 aliphatic heterocycles. The van der Waals surface area contributed by atoms with Gasteiger partial charge >= 0.3 is 0 Å². The second-order valence-electron chi connectivity index (χ2n) is 4.08. The van der Waals surface area contributed by atoms with E-state index in [9.17, 15) is 9.90 Å². The number of nitrogens with two attached hydrogens (primary N) is 1. The topological polar surface area (TPSA) is 75.8 Å². The number of morpholine rings is 1. The number of nitrogens with zero attached hydrogens (tertiary/aromatic N) is 1. The zero-order chi connectivity index (χ0) is 13.7. The zero-order valence-corrected chi connectivity index (χ0v) is 11.3. The van der Waals surface area contributed by atoms with Gasteiger partial charge in [0, 0.05) is 12.1 Å². The number of aliphatic hydroxyl groups excluding tert-OH is 1. The lowest BCUT2D eigenvalue weighted by molar-refractivity contribution is -0.0181. The van der Waals surface area contributed by atoms with Crippen LogP contribution in [0, 0.1) is 11.8 Å². The fourth-order valence-corrected chi connectivity index (χ4v) is 2.73. The summed E-state index contributed by atoms with van der Waals surface area (Å²) < 4.78 is 5.27. The minimum absolute atomic E-state index is 0.0963. The quantitative estimate of drug-likeness (QED) is 0.741. The van der Waals surface area contributed by atoms with Gasteiger partial charge in [0.05, 0.1) is 32.4 Å². The average molecular weight is 280 g/mol. The van der Waals surface area contributed by atoms with Crippen LogP contribution in [0.5, 0.6) is 0 Å². The number of hydrogen-bond acceptors (Lipinski definition) is 5. The van der Waals surface area contributed by atoms with Crippen LogP contribution < -0.4 is 5.73 Å². The molecule has 1 saturated heterocycles. The van der Waals surface area contributed by atoms with Gasteiger partial charge in [0.1, 0.15) is 4.88 Å². The zero-order valence-electron chi connectivity index (χ0n) is 10.5. The molecule has 0 spiro atoms. The summed E-state index contributed by atoms with van der Waals surface area (Å²) in [6.07, 6.45) is 0. The summed E-state index contributed by atoms with van der Waals surface area (Å²) in [5, 5.41) is 11.1. The molecule has 0 saturated carbocycles. The minimum Gasteiger partial charge on any atom is -0.394 e. The Morgan fingerprint density at radius 3 is 3.26 bits per heavy atom. The van der Waals surface area contributed by atoms with Gasteiger partial charge in [-0.3, -0.25) is 4.79 Å². The van der Waals surface area contributed by atoms with Crippen molar-refractivity contribution < 1.29 is 14.6 Å². The van der Waals surface area contributed by atoms with Crippen molar-refractivity contribution in [2.75, 3.05) is 32.9 Å². The molecule has 1 fully saturated rings. The highest BCUT2D eigenvalue weighted by atomic mass is 32.1. The molecule has 6 heteroatoms. The van der Waals surface area contributed by atoms with Gasteiger partial charge < -0.3 is 20.5 Å². The predicted molar refractivity (Wildman–Crippen MR) is 73.0 cm³/mol. The largest absolute Gasteiger partial charge is 0.394 e. The molecular formula is C13H16N2O3S. The maximum absolute atomic E-state index is 12.5. The average Bonchev–Trinajstić information content (AvgIpc) is 2.92. The first-order valence-electron chi connectivity index (χ1n) is 6.04. The molecule has 1 unspecified atom stereocenters. The Morgan fingerprint density at radius 2 is 2.53 bits per heavy atom. The lowest BCUT2D eigenvalue weighted by Gasteiger charge is -2.34. The van der Waals surface area contributed by atoms with Gasteiger partial charge in [-0.15, -0.1) is 11.3 Å². The Morgan fingerprint density at radius 1 is 1.68 bits per heavy atom. The summed E-state index contributed by atoms with van der Waals surface area (Å²) in [4.78, 5) is 14.7. The van der Waals surface area contributed by atoms with E-state index in [1.54, 1.807) is 4.90 Å². The number of hydrogen-bond donors (Lipinski definition) is 2. The second-order valence-corrected chi connectivity index (χ2v) is 5.00. The smallest absolute Gasteiger partial charge is 0.265 e. The third-order valence-corrected chi connectivity index (χ3v) is 3.79. The molecule has 1 aromatic heterocycles. The van der Waals surface area contributed by atoms with Crippen LogP contribution in [-0.2, 0) is 4.74 Å². The molecule has 1 atom stereocenters. The lowest BCUT2D eigenvalue weighted by atomic mass is 10.2. The maximum Gasteiger partial charge on any atom is 0.265 e. The number of thiophene rings is 1. The second kappa shape index (κ2) is 6.68. The van der Waals surface area contributed by atoms with E-state index in [2.05, 4.69) is 11.8 Å². The van der Waals surface area contributed by atoms with E-state index in [4.69, 9.17) is 10.5 Å². The summed E-state index contributed by atoms with van der Waals surface area (Å²) in [6.45, 7) is 1.53. The maximum atomic E-state index is 12.5. The monoisotopic (exact) mass is 280 g/mol. The number of carbonyl (C=O) groups excluding carboxylic acids is 1. The van der Waals surface area contributed by atoms with Crippen molar-refractivity contribution in [2.45, 2.75) is 6.04 Å². The van der Waals surface area contributed by atoms with Crippen LogP contribution in [0.3, 0.4) is 0 Å². The predicted octanol–water partition coefficient (Wildman–Crippen LogP) is -0.108. The Hall–Kier alpha value is -1.39. The summed E-state index contributed by atoms with van der Waals surface area (Å²) >= 11 is 1.36. The molecule has 0 radical (unpaired) electrons. The first kappa shape index (κ1) is 14.0. The van der Waals surface area contributed by atoms with Crippen LogP contribution in [0.1, 0.15) is 15.2 Å². The summed E-state index contributed by atoms with van der Waals surface area (Å²) in [5.41, 5.74) is 6.04. The Labute approximate surface area is 116 Å². The molecule has 19 heavy (non-hydrogen) atoms. The summed E-state index contributed by atoms with van der Waals surface area (Å²) in [7, 11) is 0. The van der Waals surface area contributed by atoms with E-state index < -0.39 is 0 Å². The van der Waals surface area contributed by atoms with Crippen LogP contribution in [-0.4, -0.2) is 54.9 Å². The first-order chi connectivity index (χ1) is 9.27. The normalized spacial score (nSPS) is 18.8. The fourth-order valence-electron chi connectivity index (χ4n) is 1.92. The van der Waals surface area contributed by atoms with Crippen molar-refractivity contribution in [1.82, 2.24) is 4.90 Å². The Bertz CT molecular complexity index is 503. The van der Waals surface area contributed by atoms with Gasteiger partial charge in [0.15, 0.2) is 0 Å². The molecule has 3 N–H and O–H groups in total. The fraction of sp³-hybridized carbons (Fsp3) is 0.462. The SMILES string of the molecule is NCC#Cc1ccsc1C(=O)N1CCOCC1CO. The van der Waals surface area contributed by atoms with Gasteiger partial charge in [0.25, 0.3) is 5.91 Å². The van der Waals surface area contributed by atoms with Crippen molar-refractivity contribution in [3.63, 3.8) is 0 Å². The van der Waals surface area contributed by atoms with Gasteiger partial charge in [-0.05, 0) is 11.4 Å². The molecule has 102 valence electrons. The van der Waals surface area contributed by atoms with Gasteiger partial charge in [-0.1, -0.05) is 11.8 Å². The van der Waals surface area contributed by atoms with Crippen molar-refractivity contribution in [1.29, 1.82) is 0 Å². The standard InChI is InChI=1S/C13H16N2O3S/c14-4-1-2-10-3-7-19-12(10)13(17)15-5-6-18-9-11(15)8-16/h3,7,11,16H,4-6,8-9,14H2. The molecule has 1 amide bonds. The molecule has 2 heterocycles. The molecule has 1 aliphatic rings. The Kier molecular flexibility index (Phi) is 4.93. The van der Waals surface area contributed by atoms with E-state index >= 15 is 0 Å². The summed E-state index contributed by atoms with van der Waals surface area (Å²) in [6, 6.07) is 1.54. The van der Waals surface area contributed by atoms with Crippen molar-refractivity contribution in [2.24, 2.45) is 5.73 Å². The highest BCUT2D eigenvalue weighted by Crippen LogP contribution is 2.20. The summed E-state index contributed by atoms with van der Waals surface area (Å²) in [5.74, 6) is 5.56. The van der Waals surface area contributed by atoms with Crippen molar-refractivity contribution in [3.8, 4) is 11.8 Å². The van der Waals surface area contributed by atoms with Gasteiger partial charge in [0.2, 0.25) is 0 Å². The number of amides is 1. The molecule has 0 aromatic carbocycles. The third-order valence-electron chi connectivity index (χ3n) is 2.88. The van der Waals surface area contributed by atoms with E-state index in [1.807, 2.05) is 11.4 Å². The number of rotatable bonds is 2.